The molecule has 0 bridgehead atoms. The summed E-state index contributed by atoms with van der Waals surface area (Å²) in [6.07, 6.45) is 7.22. The number of anilines is 2. The van der Waals surface area contributed by atoms with Crippen molar-refractivity contribution in [3.63, 3.8) is 0 Å². The van der Waals surface area contributed by atoms with Crippen molar-refractivity contribution in [3.05, 3.63) is 41.2 Å². The zero-order valence-corrected chi connectivity index (χ0v) is 16.3. The van der Waals surface area contributed by atoms with Crippen molar-refractivity contribution >= 4 is 23.3 Å². The molecule has 0 radical (unpaired) electrons. The second kappa shape index (κ2) is 8.04. The quantitative estimate of drug-likeness (QED) is 0.796. The summed E-state index contributed by atoms with van der Waals surface area (Å²) in [5, 5.41) is 10.5. The van der Waals surface area contributed by atoms with Crippen molar-refractivity contribution in [2.45, 2.75) is 51.5 Å². The minimum atomic E-state index is -0.171. The van der Waals surface area contributed by atoms with Crippen LogP contribution in [0.3, 0.4) is 0 Å². The van der Waals surface area contributed by atoms with Gasteiger partial charge in [0.05, 0.1) is 12.2 Å². The van der Waals surface area contributed by atoms with Crippen LogP contribution >= 0.6 is 0 Å². The zero-order valence-electron chi connectivity index (χ0n) is 16.3. The predicted molar refractivity (Wildman–Crippen MR) is 108 cm³/mol. The monoisotopic (exact) mass is 381 g/mol. The fourth-order valence-electron chi connectivity index (χ4n) is 4.02. The van der Waals surface area contributed by atoms with Crippen LogP contribution in [-0.4, -0.2) is 40.6 Å². The Balaban J connectivity index is 1.37. The third-order valence-electron chi connectivity index (χ3n) is 5.63. The van der Waals surface area contributed by atoms with Crippen molar-refractivity contribution in [2.24, 2.45) is 0 Å². The SMILES string of the molecule is CN(Cc1n[nH]c2c1CCCCC2)C(=O)Nc1ccc(N2CCCC2=O)cc1. The number of nitrogens with one attached hydrogen (secondary N) is 2. The van der Waals surface area contributed by atoms with E-state index in [0.717, 1.165) is 37.2 Å². The summed E-state index contributed by atoms with van der Waals surface area (Å²) in [4.78, 5) is 27.9. The van der Waals surface area contributed by atoms with Gasteiger partial charge in [-0.2, -0.15) is 5.10 Å². The van der Waals surface area contributed by atoms with E-state index >= 15 is 0 Å². The molecule has 4 rings (SSSR count). The first-order valence-corrected chi connectivity index (χ1v) is 10.1. The summed E-state index contributed by atoms with van der Waals surface area (Å²) < 4.78 is 0. The van der Waals surface area contributed by atoms with Crippen LogP contribution in [0.15, 0.2) is 24.3 Å². The Bertz CT molecular complexity index is 858. The van der Waals surface area contributed by atoms with Crippen LogP contribution in [0.2, 0.25) is 0 Å². The largest absolute Gasteiger partial charge is 0.322 e. The number of aromatic nitrogens is 2. The molecule has 0 saturated carbocycles. The molecule has 2 heterocycles. The molecule has 1 aromatic heterocycles. The van der Waals surface area contributed by atoms with Crippen LogP contribution in [0.5, 0.6) is 0 Å². The topological polar surface area (TPSA) is 81.3 Å². The molecule has 1 aliphatic heterocycles. The molecule has 2 N–H and O–H groups in total. The molecule has 0 atom stereocenters. The molecule has 2 aromatic rings. The molecule has 3 amide bonds. The van der Waals surface area contributed by atoms with Crippen molar-refractivity contribution in [3.8, 4) is 0 Å². The number of aromatic amines is 1. The number of hydrogen-bond donors (Lipinski definition) is 2. The number of hydrogen-bond acceptors (Lipinski definition) is 3. The first-order valence-electron chi connectivity index (χ1n) is 10.1. The molecule has 1 saturated heterocycles. The molecular weight excluding hydrogens is 354 g/mol. The lowest BCUT2D eigenvalue weighted by Crippen LogP contribution is -2.31. The Morgan fingerprint density at radius 1 is 1.14 bits per heavy atom. The number of amides is 3. The van der Waals surface area contributed by atoms with Gasteiger partial charge >= 0.3 is 6.03 Å². The Morgan fingerprint density at radius 2 is 1.93 bits per heavy atom. The number of benzene rings is 1. The Labute approximate surface area is 165 Å². The third kappa shape index (κ3) is 3.88. The number of H-pyrrole nitrogens is 1. The van der Waals surface area contributed by atoms with Gasteiger partial charge in [0.2, 0.25) is 5.91 Å². The lowest BCUT2D eigenvalue weighted by Gasteiger charge is -2.19. The normalized spacial score (nSPS) is 16.6. The van der Waals surface area contributed by atoms with Crippen LogP contribution in [0.1, 0.15) is 49.1 Å². The number of carbonyl (C=O) groups is 2. The number of nitrogens with zero attached hydrogens (tertiary/aromatic N) is 3. The zero-order chi connectivity index (χ0) is 19.5. The Kier molecular flexibility index (Phi) is 5.32. The van der Waals surface area contributed by atoms with E-state index in [1.54, 1.807) is 16.8 Å². The van der Waals surface area contributed by atoms with E-state index in [-0.39, 0.29) is 11.9 Å². The number of fused-ring (bicyclic) bond motifs is 1. The van der Waals surface area contributed by atoms with E-state index in [9.17, 15) is 9.59 Å². The maximum absolute atomic E-state index is 12.6. The van der Waals surface area contributed by atoms with Gasteiger partial charge in [-0.25, -0.2) is 4.79 Å². The highest BCUT2D eigenvalue weighted by Gasteiger charge is 2.22. The molecule has 7 heteroatoms. The molecule has 28 heavy (non-hydrogen) atoms. The summed E-state index contributed by atoms with van der Waals surface area (Å²) >= 11 is 0. The molecular formula is C21H27N5O2. The average molecular weight is 381 g/mol. The number of aryl methyl sites for hydroxylation is 1. The Morgan fingerprint density at radius 3 is 2.68 bits per heavy atom. The number of rotatable bonds is 4. The molecule has 0 unspecified atom stereocenters. The van der Waals surface area contributed by atoms with E-state index in [1.807, 2.05) is 24.3 Å². The second-order valence-electron chi connectivity index (χ2n) is 7.67. The lowest BCUT2D eigenvalue weighted by atomic mass is 10.1. The van der Waals surface area contributed by atoms with Crippen molar-refractivity contribution in [1.82, 2.24) is 15.1 Å². The van der Waals surface area contributed by atoms with E-state index in [2.05, 4.69) is 15.5 Å². The summed E-state index contributed by atoms with van der Waals surface area (Å²) in [7, 11) is 1.78. The molecule has 7 nitrogen and oxygen atoms in total. The highest BCUT2D eigenvalue weighted by Crippen LogP contribution is 2.24. The van der Waals surface area contributed by atoms with Crippen molar-refractivity contribution < 1.29 is 9.59 Å². The van der Waals surface area contributed by atoms with Crippen molar-refractivity contribution in [1.29, 1.82) is 0 Å². The summed E-state index contributed by atoms with van der Waals surface area (Å²) in [5.41, 5.74) is 5.09. The standard InChI is InChI=1S/C21H27N5O2/c1-25(14-19-17-6-3-2-4-7-18(17)23-24-19)21(28)22-15-9-11-16(12-10-15)26-13-5-8-20(26)27/h9-12H,2-8,13-14H2,1H3,(H,22,28)(H,23,24). The first-order chi connectivity index (χ1) is 13.6. The van der Waals surface area contributed by atoms with Crippen LogP contribution < -0.4 is 10.2 Å². The minimum absolute atomic E-state index is 0.162. The van der Waals surface area contributed by atoms with Gasteiger partial charge in [-0.05, 0) is 61.9 Å². The maximum atomic E-state index is 12.6. The van der Waals surface area contributed by atoms with Gasteiger partial charge in [-0.15, -0.1) is 0 Å². The summed E-state index contributed by atoms with van der Waals surface area (Å²) in [6, 6.07) is 7.27. The fraction of sp³-hybridized carbons (Fsp3) is 0.476. The van der Waals surface area contributed by atoms with E-state index in [0.29, 0.717) is 18.7 Å². The van der Waals surface area contributed by atoms with Crippen LogP contribution in [-0.2, 0) is 24.2 Å². The summed E-state index contributed by atoms with van der Waals surface area (Å²) in [6.45, 7) is 1.25. The number of carbonyl (C=O) groups excluding carboxylic acids is 2. The van der Waals surface area contributed by atoms with E-state index in [4.69, 9.17) is 0 Å². The first kappa shape index (κ1) is 18.5. The maximum Gasteiger partial charge on any atom is 0.321 e. The van der Waals surface area contributed by atoms with Crippen LogP contribution in [0.4, 0.5) is 16.2 Å². The molecule has 1 aromatic carbocycles. The molecule has 1 aliphatic carbocycles. The van der Waals surface area contributed by atoms with Crippen LogP contribution in [0, 0.1) is 0 Å². The summed E-state index contributed by atoms with van der Waals surface area (Å²) in [5.74, 6) is 0.162. The van der Waals surface area contributed by atoms with Gasteiger partial charge in [-0.3, -0.25) is 9.89 Å². The average Bonchev–Trinajstić information content (AvgIpc) is 3.20. The molecule has 1 fully saturated rings. The molecule has 2 aliphatic rings. The second-order valence-corrected chi connectivity index (χ2v) is 7.67. The molecule has 0 spiro atoms. The van der Waals surface area contributed by atoms with Crippen LogP contribution in [0.25, 0.3) is 0 Å². The third-order valence-corrected chi connectivity index (χ3v) is 5.63. The number of urea groups is 1. The molecule has 148 valence electrons. The van der Waals surface area contributed by atoms with Gasteiger partial charge < -0.3 is 15.1 Å². The van der Waals surface area contributed by atoms with Gasteiger partial charge in [0.25, 0.3) is 0 Å². The minimum Gasteiger partial charge on any atom is -0.322 e. The van der Waals surface area contributed by atoms with Gasteiger partial charge in [0.1, 0.15) is 0 Å². The predicted octanol–water partition coefficient (Wildman–Crippen LogP) is 3.47. The highest BCUT2D eigenvalue weighted by atomic mass is 16.2. The highest BCUT2D eigenvalue weighted by molar-refractivity contribution is 5.96. The van der Waals surface area contributed by atoms with Gasteiger partial charge in [-0.1, -0.05) is 6.42 Å². The fourth-order valence-corrected chi connectivity index (χ4v) is 4.02. The smallest absolute Gasteiger partial charge is 0.321 e. The van der Waals surface area contributed by atoms with Gasteiger partial charge in [0, 0.05) is 37.1 Å². The Hall–Kier alpha value is -2.83. The van der Waals surface area contributed by atoms with E-state index in [1.165, 1.54) is 30.5 Å². The van der Waals surface area contributed by atoms with E-state index < -0.39 is 0 Å². The van der Waals surface area contributed by atoms with Crippen molar-refractivity contribution in [2.75, 3.05) is 23.8 Å². The lowest BCUT2D eigenvalue weighted by molar-refractivity contribution is -0.117. The van der Waals surface area contributed by atoms with Gasteiger partial charge in [0.15, 0.2) is 0 Å².